The van der Waals surface area contributed by atoms with E-state index in [1.165, 1.54) is 24.3 Å². The number of benzene rings is 1. The third-order valence-electron chi connectivity index (χ3n) is 2.75. The molecule has 0 saturated carbocycles. The van der Waals surface area contributed by atoms with Crippen molar-refractivity contribution in [2.24, 2.45) is 0 Å². The van der Waals surface area contributed by atoms with Crippen molar-refractivity contribution < 1.29 is 18.7 Å². The largest absolute Gasteiger partial charge is 0.466 e. The standard InChI is InChI=1S/C15H20FNO3/c1-2-20-14(18)6-4-3-5-11-17-15(19)12-7-9-13(16)10-8-12/h7-10H,2-6,11H2,1H3,(H,17,19). The van der Waals surface area contributed by atoms with Gasteiger partial charge in [0.2, 0.25) is 0 Å². The highest BCUT2D eigenvalue weighted by molar-refractivity contribution is 5.94. The number of amides is 1. The molecular weight excluding hydrogens is 261 g/mol. The zero-order valence-corrected chi connectivity index (χ0v) is 11.7. The van der Waals surface area contributed by atoms with Gasteiger partial charge in [0.25, 0.3) is 5.91 Å². The minimum absolute atomic E-state index is 0.178. The molecule has 0 saturated heterocycles. The van der Waals surface area contributed by atoms with E-state index in [2.05, 4.69) is 5.32 Å². The molecule has 110 valence electrons. The number of hydrogen-bond acceptors (Lipinski definition) is 3. The van der Waals surface area contributed by atoms with E-state index in [-0.39, 0.29) is 17.7 Å². The average Bonchev–Trinajstić information content (AvgIpc) is 2.43. The van der Waals surface area contributed by atoms with Crippen molar-refractivity contribution >= 4 is 11.9 Å². The van der Waals surface area contributed by atoms with Gasteiger partial charge in [-0.2, -0.15) is 0 Å². The first kappa shape index (κ1) is 16.1. The van der Waals surface area contributed by atoms with Crippen LogP contribution in [-0.4, -0.2) is 25.0 Å². The van der Waals surface area contributed by atoms with Gasteiger partial charge in [0.15, 0.2) is 0 Å². The SMILES string of the molecule is CCOC(=O)CCCCCNC(=O)c1ccc(F)cc1. The summed E-state index contributed by atoms with van der Waals surface area (Å²) in [5.41, 5.74) is 0.443. The Balaban J connectivity index is 2.10. The molecule has 0 radical (unpaired) electrons. The van der Waals surface area contributed by atoms with Crippen LogP contribution in [0.2, 0.25) is 0 Å². The molecule has 1 amide bonds. The van der Waals surface area contributed by atoms with Gasteiger partial charge in [-0.15, -0.1) is 0 Å². The van der Waals surface area contributed by atoms with E-state index in [0.717, 1.165) is 19.3 Å². The summed E-state index contributed by atoms with van der Waals surface area (Å²) < 4.78 is 17.5. The molecule has 0 atom stereocenters. The molecule has 0 aliphatic rings. The predicted octanol–water partition coefficient (Wildman–Crippen LogP) is 2.68. The third kappa shape index (κ3) is 6.31. The summed E-state index contributed by atoms with van der Waals surface area (Å²) in [4.78, 5) is 22.7. The molecule has 0 spiro atoms. The van der Waals surface area contributed by atoms with Gasteiger partial charge in [-0.05, 0) is 44.0 Å². The summed E-state index contributed by atoms with van der Waals surface area (Å²) in [7, 11) is 0. The van der Waals surface area contributed by atoms with Crippen LogP contribution >= 0.6 is 0 Å². The fourth-order valence-electron chi connectivity index (χ4n) is 1.71. The van der Waals surface area contributed by atoms with Crippen molar-refractivity contribution in [3.63, 3.8) is 0 Å². The number of nitrogens with one attached hydrogen (secondary N) is 1. The zero-order valence-electron chi connectivity index (χ0n) is 11.7. The Bertz CT molecular complexity index is 431. The van der Waals surface area contributed by atoms with Crippen molar-refractivity contribution in [3.8, 4) is 0 Å². The van der Waals surface area contributed by atoms with E-state index < -0.39 is 0 Å². The highest BCUT2D eigenvalue weighted by Crippen LogP contribution is 2.03. The fraction of sp³-hybridized carbons (Fsp3) is 0.467. The molecule has 5 heteroatoms. The highest BCUT2D eigenvalue weighted by Gasteiger charge is 2.05. The highest BCUT2D eigenvalue weighted by atomic mass is 19.1. The molecule has 0 heterocycles. The number of rotatable bonds is 8. The van der Waals surface area contributed by atoms with E-state index in [0.29, 0.717) is 25.1 Å². The average molecular weight is 281 g/mol. The van der Waals surface area contributed by atoms with Crippen LogP contribution in [0.4, 0.5) is 4.39 Å². The van der Waals surface area contributed by atoms with E-state index in [1.54, 1.807) is 6.92 Å². The summed E-state index contributed by atoms with van der Waals surface area (Å²) in [5.74, 6) is -0.751. The number of ether oxygens (including phenoxy) is 1. The Morgan fingerprint density at radius 3 is 2.50 bits per heavy atom. The summed E-state index contributed by atoms with van der Waals surface area (Å²) in [6.07, 6.45) is 2.82. The summed E-state index contributed by atoms with van der Waals surface area (Å²) in [6.45, 7) is 2.73. The molecule has 1 aromatic rings. The van der Waals surface area contributed by atoms with E-state index in [9.17, 15) is 14.0 Å². The van der Waals surface area contributed by atoms with E-state index >= 15 is 0 Å². The van der Waals surface area contributed by atoms with Crippen molar-refractivity contribution in [1.29, 1.82) is 0 Å². The van der Waals surface area contributed by atoms with Crippen LogP contribution in [0.5, 0.6) is 0 Å². The smallest absolute Gasteiger partial charge is 0.305 e. The first-order chi connectivity index (χ1) is 9.63. The molecule has 1 aromatic carbocycles. The Kier molecular flexibility index (Phi) is 7.32. The third-order valence-corrected chi connectivity index (χ3v) is 2.75. The number of carbonyl (C=O) groups is 2. The summed E-state index contributed by atoms with van der Waals surface area (Å²) in [5, 5.41) is 2.75. The van der Waals surface area contributed by atoms with Gasteiger partial charge in [0.05, 0.1) is 6.61 Å². The van der Waals surface area contributed by atoms with Gasteiger partial charge in [0, 0.05) is 18.5 Å². The second-order valence-electron chi connectivity index (χ2n) is 4.38. The monoisotopic (exact) mass is 281 g/mol. The normalized spacial score (nSPS) is 10.1. The quantitative estimate of drug-likeness (QED) is 0.589. The minimum atomic E-state index is -0.361. The molecular formula is C15H20FNO3. The van der Waals surface area contributed by atoms with Crippen molar-refractivity contribution in [2.75, 3.05) is 13.2 Å². The van der Waals surface area contributed by atoms with Gasteiger partial charge < -0.3 is 10.1 Å². The van der Waals surface area contributed by atoms with Crippen molar-refractivity contribution in [3.05, 3.63) is 35.6 Å². The molecule has 0 bridgehead atoms. The number of hydrogen-bond donors (Lipinski definition) is 1. The fourth-order valence-corrected chi connectivity index (χ4v) is 1.71. The second kappa shape index (κ2) is 9.07. The van der Waals surface area contributed by atoms with Crippen LogP contribution in [0.1, 0.15) is 43.0 Å². The van der Waals surface area contributed by atoms with Gasteiger partial charge in [-0.3, -0.25) is 9.59 Å². The first-order valence-corrected chi connectivity index (χ1v) is 6.83. The zero-order chi connectivity index (χ0) is 14.8. The lowest BCUT2D eigenvalue weighted by Crippen LogP contribution is -2.24. The molecule has 4 nitrogen and oxygen atoms in total. The van der Waals surface area contributed by atoms with Crippen LogP contribution in [-0.2, 0) is 9.53 Å². The Hall–Kier alpha value is -1.91. The maximum absolute atomic E-state index is 12.7. The number of halogens is 1. The van der Waals surface area contributed by atoms with Crippen LogP contribution in [0.15, 0.2) is 24.3 Å². The topological polar surface area (TPSA) is 55.4 Å². The lowest BCUT2D eigenvalue weighted by Gasteiger charge is -2.05. The van der Waals surface area contributed by atoms with Crippen LogP contribution in [0.25, 0.3) is 0 Å². The number of unbranched alkanes of at least 4 members (excludes halogenated alkanes) is 2. The van der Waals surface area contributed by atoms with Crippen molar-refractivity contribution in [1.82, 2.24) is 5.32 Å². The maximum atomic E-state index is 12.7. The second-order valence-corrected chi connectivity index (χ2v) is 4.38. The Morgan fingerprint density at radius 1 is 1.15 bits per heavy atom. The van der Waals surface area contributed by atoms with Crippen LogP contribution in [0, 0.1) is 5.82 Å². The van der Waals surface area contributed by atoms with Gasteiger partial charge in [-0.1, -0.05) is 6.42 Å². The van der Waals surface area contributed by atoms with E-state index in [4.69, 9.17) is 4.74 Å². The summed E-state index contributed by atoms with van der Waals surface area (Å²) in [6, 6.07) is 5.42. The predicted molar refractivity (Wildman–Crippen MR) is 73.8 cm³/mol. The number of esters is 1. The van der Waals surface area contributed by atoms with Gasteiger partial charge in [0.1, 0.15) is 5.82 Å². The lowest BCUT2D eigenvalue weighted by molar-refractivity contribution is -0.143. The van der Waals surface area contributed by atoms with E-state index in [1.807, 2.05) is 0 Å². The molecule has 0 aromatic heterocycles. The minimum Gasteiger partial charge on any atom is -0.466 e. The van der Waals surface area contributed by atoms with Gasteiger partial charge >= 0.3 is 5.97 Å². The van der Waals surface area contributed by atoms with Crippen LogP contribution in [0.3, 0.4) is 0 Å². The number of carbonyl (C=O) groups excluding carboxylic acids is 2. The molecule has 1 N–H and O–H groups in total. The molecule has 0 unspecified atom stereocenters. The molecule has 0 fully saturated rings. The summed E-state index contributed by atoms with van der Waals surface area (Å²) >= 11 is 0. The van der Waals surface area contributed by atoms with Crippen LogP contribution < -0.4 is 5.32 Å². The molecule has 0 aliphatic carbocycles. The molecule has 0 aliphatic heterocycles. The molecule has 1 rings (SSSR count). The Labute approximate surface area is 118 Å². The Morgan fingerprint density at radius 2 is 1.85 bits per heavy atom. The van der Waals surface area contributed by atoms with Gasteiger partial charge in [-0.25, -0.2) is 4.39 Å². The lowest BCUT2D eigenvalue weighted by atomic mass is 10.2. The maximum Gasteiger partial charge on any atom is 0.305 e. The van der Waals surface area contributed by atoms with Crippen molar-refractivity contribution in [2.45, 2.75) is 32.6 Å². The first-order valence-electron chi connectivity index (χ1n) is 6.83. The molecule has 20 heavy (non-hydrogen) atoms.